The smallest absolute Gasteiger partial charge is 0.191 e. The maximum atomic E-state index is 5.92. The molecule has 0 aliphatic carbocycles. The summed E-state index contributed by atoms with van der Waals surface area (Å²) in [6.07, 6.45) is 2.81. The zero-order chi connectivity index (χ0) is 19.4. The average molecular weight is 378 g/mol. The van der Waals surface area contributed by atoms with Gasteiger partial charge in [-0.15, -0.1) is 0 Å². The van der Waals surface area contributed by atoms with Gasteiger partial charge in [0.1, 0.15) is 0 Å². The van der Waals surface area contributed by atoms with Crippen LogP contribution in [0.4, 0.5) is 0 Å². The third-order valence-electron chi connectivity index (χ3n) is 4.96. The largest absolute Gasteiger partial charge is 0.381 e. The minimum atomic E-state index is -0.200. The Hall–Kier alpha value is -1.63. The van der Waals surface area contributed by atoms with E-state index in [9.17, 15) is 0 Å². The molecule has 1 aliphatic rings. The Balaban J connectivity index is 1.72. The van der Waals surface area contributed by atoms with Crippen LogP contribution in [-0.2, 0) is 14.2 Å². The molecule has 1 atom stereocenters. The van der Waals surface area contributed by atoms with Crippen LogP contribution in [0.25, 0.3) is 0 Å². The molecular formula is C21H35N3O3. The van der Waals surface area contributed by atoms with Gasteiger partial charge in [0, 0.05) is 52.9 Å². The molecule has 0 saturated carbocycles. The highest BCUT2D eigenvalue weighted by Gasteiger charge is 2.32. The number of nitrogens with zero attached hydrogens (tertiary/aromatic N) is 1. The molecule has 1 aromatic carbocycles. The van der Waals surface area contributed by atoms with Crippen LogP contribution in [0.3, 0.4) is 0 Å². The van der Waals surface area contributed by atoms with Gasteiger partial charge in [0.25, 0.3) is 0 Å². The SMILES string of the molecule is CCNC(=NCC1(OC)CCOCC1)NCCCOC(C)c1ccccc1. The zero-order valence-corrected chi connectivity index (χ0v) is 17.0. The van der Waals surface area contributed by atoms with Gasteiger partial charge in [0.15, 0.2) is 5.96 Å². The molecule has 6 heteroatoms. The normalized spacial score (nSPS) is 18.1. The molecule has 0 radical (unpaired) electrons. The molecular weight excluding hydrogens is 342 g/mol. The molecule has 27 heavy (non-hydrogen) atoms. The Morgan fingerprint density at radius 1 is 1.22 bits per heavy atom. The van der Waals surface area contributed by atoms with Gasteiger partial charge in [-0.3, -0.25) is 4.99 Å². The van der Waals surface area contributed by atoms with Crippen molar-refractivity contribution in [3.8, 4) is 0 Å². The molecule has 0 bridgehead atoms. The summed E-state index contributed by atoms with van der Waals surface area (Å²) in [5.41, 5.74) is 1.01. The highest BCUT2D eigenvalue weighted by Crippen LogP contribution is 2.24. The van der Waals surface area contributed by atoms with Crippen LogP contribution in [0.5, 0.6) is 0 Å². The van der Waals surface area contributed by atoms with Gasteiger partial charge in [0.2, 0.25) is 0 Å². The highest BCUT2D eigenvalue weighted by molar-refractivity contribution is 5.79. The van der Waals surface area contributed by atoms with Gasteiger partial charge in [-0.25, -0.2) is 0 Å². The summed E-state index contributed by atoms with van der Waals surface area (Å²) < 4.78 is 17.1. The molecule has 1 fully saturated rings. The van der Waals surface area contributed by atoms with E-state index in [0.717, 1.165) is 51.5 Å². The molecule has 1 unspecified atom stereocenters. The molecule has 2 N–H and O–H groups in total. The standard InChI is InChI=1S/C21H35N3O3/c1-4-22-20(24-17-21(25-3)11-15-26-16-12-21)23-13-8-14-27-18(2)19-9-6-5-7-10-19/h5-7,9-10,18H,4,8,11-17H2,1-3H3,(H2,22,23,24). The number of rotatable bonds is 10. The molecule has 1 aromatic rings. The predicted octanol–water partition coefficient (Wildman–Crippen LogP) is 2.91. The summed E-state index contributed by atoms with van der Waals surface area (Å²) in [5.74, 6) is 0.830. The van der Waals surface area contributed by atoms with Gasteiger partial charge >= 0.3 is 0 Å². The van der Waals surface area contributed by atoms with Crippen LogP contribution >= 0.6 is 0 Å². The first-order chi connectivity index (χ1) is 13.2. The first kappa shape index (κ1) is 21.7. The van der Waals surface area contributed by atoms with E-state index in [1.807, 2.05) is 18.2 Å². The summed E-state index contributed by atoms with van der Waals surface area (Å²) in [6.45, 7) is 8.64. The van der Waals surface area contributed by atoms with Crippen molar-refractivity contribution in [3.05, 3.63) is 35.9 Å². The molecule has 152 valence electrons. The number of benzene rings is 1. The van der Waals surface area contributed by atoms with Crippen LogP contribution in [0.1, 0.15) is 44.8 Å². The summed E-state index contributed by atoms with van der Waals surface area (Å²) in [4.78, 5) is 4.73. The second-order valence-corrected chi connectivity index (χ2v) is 6.90. The lowest BCUT2D eigenvalue weighted by Crippen LogP contribution is -2.44. The summed E-state index contributed by atoms with van der Waals surface area (Å²) in [5, 5.41) is 6.69. The van der Waals surface area contributed by atoms with Crippen molar-refractivity contribution < 1.29 is 14.2 Å². The Labute approximate surface area is 163 Å². The van der Waals surface area contributed by atoms with Gasteiger partial charge in [-0.05, 0) is 25.8 Å². The van der Waals surface area contributed by atoms with E-state index in [1.54, 1.807) is 7.11 Å². The van der Waals surface area contributed by atoms with Crippen LogP contribution in [-0.4, -0.2) is 58.1 Å². The van der Waals surface area contributed by atoms with E-state index in [2.05, 4.69) is 36.6 Å². The quantitative estimate of drug-likeness (QED) is 0.373. The van der Waals surface area contributed by atoms with E-state index in [1.165, 1.54) is 5.56 Å². The van der Waals surface area contributed by atoms with Gasteiger partial charge < -0.3 is 24.8 Å². The van der Waals surface area contributed by atoms with Crippen LogP contribution in [0.15, 0.2) is 35.3 Å². The number of methoxy groups -OCH3 is 1. The minimum Gasteiger partial charge on any atom is -0.381 e. The second kappa shape index (κ2) is 12.0. The van der Waals surface area contributed by atoms with Crippen LogP contribution in [0, 0.1) is 0 Å². The van der Waals surface area contributed by atoms with E-state index in [4.69, 9.17) is 19.2 Å². The average Bonchev–Trinajstić information content (AvgIpc) is 2.73. The molecule has 0 spiro atoms. The third-order valence-corrected chi connectivity index (χ3v) is 4.96. The van der Waals surface area contributed by atoms with Gasteiger partial charge in [0.05, 0.1) is 18.2 Å². The lowest BCUT2D eigenvalue weighted by molar-refractivity contribution is -0.0828. The maximum Gasteiger partial charge on any atom is 0.191 e. The number of ether oxygens (including phenoxy) is 3. The molecule has 1 heterocycles. The lowest BCUT2D eigenvalue weighted by atomic mass is 9.94. The van der Waals surface area contributed by atoms with Crippen LogP contribution in [0.2, 0.25) is 0 Å². The number of nitrogens with one attached hydrogen (secondary N) is 2. The minimum absolute atomic E-state index is 0.114. The molecule has 1 saturated heterocycles. The topological polar surface area (TPSA) is 64.1 Å². The van der Waals surface area contributed by atoms with Crippen molar-refractivity contribution in [1.29, 1.82) is 0 Å². The Bertz CT molecular complexity index is 545. The van der Waals surface area contributed by atoms with Gasteiger partial charge in [-0.2, -0.15) is 0 Å². The first-order valence-corrected chi connectivity index (χ1v) is 10.0. The highest BCUT2D eigenvalue weighted by atomic mass is 16.5. The van der Waals surface area contributed by atoms with Crippen molar-refractivity contribution >= 4 is 5.96 Å². The van der Waals surface area contributed by atoms with E-state index in [-0.39, 0.29) is 11.7 Å². The monoisotopic (exact) mass is 377 g/mol. The lowest BCUT2D eigenvalue weighted by Gasteiger charge is -2.34. The zero-order valence-electron chi connectivity index (χ0n) is 17.0. The van der Waals surface area contributed by atoms with Crippen molar-refractivity contribution in [2.75, 3.05) is 46.6 Å². The molecule has 6 nitrogen and oxygen atoms in total. The number of hydrogen-bond donors (Lipinski definition) is 2. The molecule has 1 aliphatic heterocycles. The molecule has 0 amide bonds. The summed E-state index contributed by atoms with van der Waals surface area (Å²) in [6, 6.07) is 10.3. The summed E-state index contributed by atoms with van der Waals surface area (Å²) in [7, 11) is 1.77. The number of guanidine groups is 1. The Morgan fingerprint density at radius 3 is 2.63 bits per heavy atom. The first-order valence-electron chi connectivity index (χ1n) is 10.0. The van der Waals surface area contributed by atoms with Crippen molar-refractivity contribution in [2.24, 2.45) is 4.99 Å². The second-order valence-electron chi connectivity index (χ2n) is 6.90. The Morgan fingerprint density at radius 2 is 1.96 bits per heavy atom. The van der Waals surface area contributed by atoms with Gasteiger partial charge in [-0.1, -0.05) is 30.3 Å². The van der Waals surface area contributed by atoms with Crippen molar-refractivity contribution in [1.82, 2.24) is 10.6 Å². The van der Waals surface area contributed by atoms with Crippen molar-refractivity contribution in [3.63, 3.8) is 0 Å². The third kappa shape index (κ3) is 7.48. The summed E-state index contributed by atoms with van der Waals surface area (Å²) >= 11 is 0. The molecule has 0 aromatic heterocycles. The van der Waals surface area contributed by atoms with E-state index >= 15 is 0 Å². The Kier molecular flexibility index (Phi) is 9.59. The predicted molar refractivity (Wildman–Crippen MR) is 109 cm³/mol. The van der Waals surface area contributed by atoms with E-state index < -0.39 is 0 Å². The molecule has 2 rings (SSSR count). The fourth-order valence-electron chi connectivity index (χ4n) is 3.09. The van der Waals surface area contributed by atoms with E-state index in [0.29, 0.717) is 13.2 Å². The number of aliphatic imine (C=N–C) groups is 1. The number of hydrogen-bond acceptors (Lipinski definition) is 4. The van der Waals surface area contributed by atoms with Crippen molar-refractivity contribution in [2.45, 2.75) is 44.8 Å². The fourth-order valence-corrected chi connectivity index (χ4v) is 3.09. The van der Waals surface area contributed by atoms with Crippen LogP contribution < -0.4 is 10.6 Å². The maximum absolute atomic E-state index is 5.92. The fraction of sp³-hybridized carbons (Fsp3) is 0.667.